The van der Waals surface area contributed by atoms with Crippen molar-refractivity contribution in [1.29, 1.82) is 0 Å². The molecule has 0 saturated carbocycles. The zero-order valence-corrected chi connectivity index (χ0v) is 34.8. The molecule has 15 nitrogen and oxygen atoms in total. The molecule has 15 heteroatoms. The zero-order chi connectivity index (χ0) is 42.1. The fraction of sp³-hybridized carbons (Fsp3) is 0.780. The van der Waals surface area contributed by atoms with E-state index in [0.717, 1.165) is 5.56 Å². The second-order valence-corrected chi connectivity index (χ2v) is 16.5. The molecule has 0 bridgehead atoms. The Balaban J connectivity index is 1.85. The number of methoxy groups -OCH3 is 1. The van der Waals surface area contributed by atoms with E-state index in [-0.39, 0.29) is 31.1 Å². The minimum Gasteiger partial charge on any atom is -0.494 e. The van der Waals surface area contributed by atoms with E-state index in [4.69, 9.17) is 28.9 Å². The number of nitrogens with one attached hydrogen (secondary N) is 1. The van der Waals surface area contributed by atoms with Crippen LogP contribution in [0.5, 0.6) is 5.75 Å². The smallest absolute Gasteiger partial charge is 0.311 e. The summed E-state index contributed by atoms with van der Waals surface area (Å²) in [7, 11) is 3.37. The lowest BCUT2D eigenvalue weighted by atomic mass is 9.74. The summed E-state index contributed by atoms with van der Waals surface area (Å²) >= 11 is 0. The molecule has 320 valence electrons. The summed E-state index contributed by atoms with van der Waals surface area (Å²) in [6.45, 7) is 14.0. The van der Waals surface area contributed by atoms with Crippen molar-refractivity contribution in [2.45, 2.75) is 161 Å². The Hall–Kier alpha value is -2.73. The summed E-state index contributed by atoms with van der Waals surface area (Å²) in [5.41, 5.74) is -0.631. The largest absolute Gasteiger partial charge is 0.494 e. The fourth-order valence-corrected chi connectivity index (χ4v) is 8.24. The van der Waals surface area contributed by atoms with E-state index >= 15 is 0 Å². The van der Waals surface area contributed by atoms with Crippen LogP contribution in [0.1, 0.15) is 99.5 Å². The second-order valence-electron chi connectivity index (χ2n) is 16.5. The van der Waals surface area contributed by atoms with Gasteiger partial charge in [-0.1, -0.05) is 39.8 Å². The van der Waals surface area contributed by atoms with E-state index in [1.165, 1.54) is 27.9 Å². The van der Waals surface area contributed by atoms with Gasteiger partial charge in [0.05, 0.1) is 42.5 Å². The molecule has 2 heterocycles. The van der Waals surface area contributed by atoms with Crippen molar-refractivity contribution in [3.05, 3.63) is 29.8 Å². The molecule has 2 fully saturated rings. The van der Waals surface area contributed by atoms with Crippen LogP contribution in [-0.2, 0) is 39.9 Å². The molecular weight excluding hydrogens is 728 g/mol. The zero-order valence-electron chi connectivity index (χ0n) is 34.8. The van der Waals surface area contributed by atoms with Crippen molar-refractivity contribution in [3.63, 3.8) is 0 Å². The number of amides is 1. The highest BCUT2D eigenvalue weighted by Crippen LogP contribution is 2.39. The van der Waals surface area contributed by atoms with E-state index < -0.39 is 89.6 Å². The lowest BCUT2D eigenvalue weighted by molar-refractivity contribution is -0.302. The summed E-state index contributed by atoms with van der Waals surface area (Å²) in [4.78, 5) is 40.5. The molecule has 6 N–H and O–H groups in total. The highest BCUT2D eigenvalue weighted by Gasteiger charge is 2.52. The Labute approximate surface area is 331 Å². The standard InChI is InChI=1S/C41H68N2O13/c1-11-31-41(8,50)36(48)25(4)33(45)23(2)21-40(7,52-10)37(26(5)34(46)27(6)38(49)55-31)56-39-35(47)30(20-24(3)54-39)43(9)22-28-15-17-29(18-16-28)53-19-13-12-14-32(44)42-51/h15-18,23-27,30-31,34-37,39,46-48,50-51H,11-14,19-22H2,1-10H3,(H,42,44)/t23-,24-,25+,26+,27-,30+,31?,34-,35-,36-,37-,39?,40+,41-/m1/s1. The number of likely N-dealkylation sites (N-methyl/N-ethyl adjacent to an activating group) is 1. The Bertz CT molecular complexity index is 1410. The Morgan fingerprint density at radius 3 is 2.23 bits per heavy atom. The number of cyclic esters (lactones) is 1. The van der Waals surface area contributed by atoms with E-state index in [1.807, 2.05) is 43.1 Å². The number of carbonyl (C=O) groups is 3. The predicted octanol–water partition coefficient (Wildman–Crippen LogP) is 3.14. The molecule has 3 rings (SSSR count). The number of Topliss-reactive ketones (excluding diaryl/α,β-unsaturated/α-hetero) is 1. The third-order valence-electron chi connectivity index (χ3n) is 12.0. The number of esters is 1. The third kappa shape index (κ3) is 11.7. The molecule has 0 aliphatic carbocycles. The first kappa shape index (κ1) is 47.6. The topological polar surface area (TPSA) is 214 Å². The number of hydroxylamine groups is 1. The number of ketones is 1. The number of ether oxygens (including phenoxy) is 5. The molecule has 0 spiro atoms. The molecular formula is C41H68N2O13. The van der Waals surface area contributed by atoms with Gasteiger partial charge < -0.3 is 44.1 Å². The van der Waals surface area contributed by atoms with Crippen molar-refractivity contribution < 1.29 is 63.7 Å². The molecule has 2 aliphatic heterocycles. The van der Waals surface area contributed by atoms with Crippen LogP contribution in [0.4, 0.5) is 0 Å². The van der Waals surface area contributed by atoms with Crippen molar-refractivity contribution in [1.82, 2.24) is 10.4 Å². The van der Waals surface area contributed by atoms with Gasteiger partial charge in [-0.25, -0.2) is 5.48 Å². The highest BCUT2D eigenvalue weighted by molar-refractivity contribution is 5.83. The van der Waals surface area contributed by atoms with Crippen LogP contribution in [0.25, 0.3) is 0 Å². The number of hydrogen-bond acceptors (Lipinski definition) is 14. The lowest BCUT2D eigenvalue weighted by Gasteiger charge is -2.48. The molecule has 14 atom stereocenters. The first-order valence-corrected chi connectivity index (χ1v) is 19.9. The van der Waals surface area contributed by atoms with Gasteiger partial charge in [-0.15, -0.1) is 0 Å². The number of carbonyl (C=O) groups excluding carboxylic acids is 3. The average Bonchev–Trinajstić information content (AvgIpc) is 3.17. The van der Waals surface area contributed by atoms with Gasteiger partial charge in [0, 0.05) is 43.9 Å². The summed E-state index contributed by atoms with van der Waals surface area (Å²) in [6.07, 6.45) is -5.55. The predicted molar refractivity (Wildman–Crippen MR) is 205 cm³/mol. The van der Waals surface area contributed by atoms with Crippen LogP contribution < -0.4 is 10.2 Å². The molecule has 56 heavy (non-hydrogen) atoms. The summed E-state index contributed by atoms with van der Waals surface area (Å²) in [5.74, 6) is -4.53. The quantitative estimate of drug-likeness (QED) is 0.0733. The summed E-state index contributed by atoms with van der Waals surface area (Å²) in [6, 6.07) is 7.19. The van der Waals surface area contributed by atoms with Crippen LogP contribution in [0, 0.1) is 23.7 Å². The van der Waals surface area contributed by atoms with E-state index in [0.29, 0.717) is 38.2 Å². The summed E-state index contributed by atoms with van der Waals surface area (Å²) in [5, 5.41) is 54.9. The molecule has 2 saturated heterocycles. The number of unbranched alkanes of at least 4 members (excludes halogenated alkanes) is 1. The number of aliphatic hydroxyl groups excluding tert-OH is 3. The van der Waals surface area contributed by atoms with Gasteiger partial charge >= 0.3 is 5.97 Å². The third-order valence-corrected chi connectivity index (χ3v) is 12.0. The molecule has 2 aliphatic rings. The maximum Gasteiger partial charge on any atom is 0.311 e. The molecule has 1 amide bonds. The van der Waals surface area contributed by atoms with E-state index in [2.05, 4.69) is 0 Å². The van der Waals surface area contributed by atoms with Crippen LogP contribution in [0.3, 0.4) is 0 Å². The maximum absolute atomic E-state index is 13.8. The number of hydrogen-bond donors (Lipinski definition) is 6. The fourth-order valence-electron chi connectivity index (χ4n) is 8.24. The molecule has 0 aromatic heterocycles. The normalized spacial score (nSPS) is 37.8. The minimum atomic E-state index is -1.95. The lowest BCUT2D eigenvalue weighted by Crippen LogP contribution is -2.60. The molecule has 1 aromatic rings. The van der Waals surface area contributed by atoms with Crippen LogP contribution >= 0.6 is 0 Å². The number of rotatable bonds is 13. The van der Waals surface area contributed by atoms with Crippen molar-refractivity contribution in [2.75, 3.05) is 20.8 Å². The number of benzene rings is 1. The highest BCUT2D eigenvalue weighted by atomic mass is 16.7. The monoisotopic (exact) mass is 796 g/mol. The Morgan fingerprint density at radius 1 is 1.00 bits per heavy atom. The van der Waals surface area contributed by atoms with Crippen LogP contribution in [-0.4, -0.2) is 129 Å². The minimum absolute atomic E-state index is 0.0849. The van der Waals surface area contributed by atoms with Crippen LogP contribution in [0.2, 0.25) is 0 Å². The van der Waals surface area contributed by atoms with Gasteiger partial charge in [-0.05, 0) is 84.5 Å². The van der Waals surface area contributed by atoms with E-state index in [9.17, 15) is 34.8 Å². The van der Waals surface area contributed by atoms with E-state index in [1.54, 1.807) is 33.2 Å². The van der Waals surface area contributed by atoms with Gasteiger partial charge in [-0.2, -0.15) is 0 Å². The number of aliphatic hydroxyl groups is 4. The average molecular weight is 797 g/mol. The molecule has 1 aromatic carbocycles. The number of nitrogens with zero attached hydrogens (tertiary/aromatic N) is 1. The van der Waals surface area contributed by atoms with Gasteiger partial charge in [0.1, 0.15) is 29.3 Å². The van der Waals surface area contributed by atoms with Gasteiger partial charge in [0.25, 0.3) is 0 Å². The summed E-state index contributed by atoms with van der Waals surface area (Å²) < 4.78 is 30.5. The molecule has 0 radical (unpaired) electrons. The van der Waals surface area contributed by atoms with Crippen LogP contribution in [0.15, 0.2) is 24.3 Å². The Kier molecular flexibility index (Phi) is 17.7. The van der Waals surface area contributed by atoms with Gasteiger partial charge in [-0.3, -0.25) is 24.5 Å². The first-order chi connectivity index (χ1) is 26.2. The SMILES string of the molecule is CCC1OC(=O)[C@H](C)[C@H](O)[C@H](C)[C@@H](OC2O[C@H](C)C[C@H](N(C)Cc3ccc(OCCCCC(=O)NO)cc3)[C@H]2O)[C@@](C)(OC)C[C@@H](C)C(=O)[C@H](C)[C@@H](O)[C@]1(C)O. The van der Waals surface area contributed by atoms with Crippen molar-refractivity contribution >= 4 is 17.7 Å². The van der Waals surface area contributed by atoms with Gasteiger partial charge in [0.15, 0.2) is 6.29 Å². The maximum atomic E-state index is 13.8. The Morgan fingerprint density at radius 2 is 1.64 bits per heavy atom. The van der Waals surface area contributed by atoms with Gasteiger partial charge in [0.2, 0.25) is 5.91 Å². The van der Waals surface area contributed by atoms with Crippen molar-refractivity contribution in [3.8, 4) is 5.75 Å². The molecule has 2 unspecified atom stereocenters. The second kappa shape index (κ2) is 20.8. The first-order valence-electron chi connectivity index (χ1n) is 19.9. The van der Waals surface area contributed by atoms with Crippen molar-refractivity contribution in [2.24, 2.45) is 23.7 Å².